The van der Waals surface area contributed by atoms with E-state index in [-0.39, 0.29) is 36.3 Å². The molecule has 5 heteroatoms. The Bertz CT molecular complexity index is 678. The summed E-state index contributed by atoms with van der Waals surface area (Å²) in [5.74, 6) is 0.580. The summed E-state index contributed by atoms with van der Waals surface area (Å²) in [7, 11) is 0. The zero-order valence-corrected chi connectivity index (χ0v) is 14.5. The second kappa shape index (κ2) is 8.18. The summed E-state index contributed by atoms with van der Waals surface area (Å²) >= 11 is 0. The van der Waals surface area contributed by atoms with Crippen LogP contribution < -0.4 is 15.8 Å². The standard InChI is InChI=1S/C19H22N2O2.ClH/c1-13(18(20)14-7-3-2-4-8-14)19(22)21-16-11-15-9-5-6-10-17(15)23-12-16;/h2-10,13,16,18H,11-12,20H2,1H3,(H,21,22);1H. The predicted octanol–water partition coefficient (Wildman–Crippen LogP) is 2.86. The van der Waals surface area contributed by atoms with Gasteiger partial charge in [0.2, 0.25) is 5.91 Å². The van der Waals surface area contributed by atoms with Crippen molar-refractivity contribution in [3.63, 3.8) is 0 Å². The smallest absolute Gasteiger partial charge is 0.225 e. The number of nitrogens with two attached hydrogens (primary N) is 1. The fourth-order valence-corrected chi connectivity index (χ4v) is 2.88. The first kappa shape index (κ1) is 18.3. The number of amides is 1. The Hall–Kier alpha value is -2.04. The highest BCUT2D eigenvalue weighted by Gasteiger charge is 2.26. The van der Waals surface area contributed by atoms with Crippen LogP contribution in [0.4, 0.5) is 0 Å². The van der Waals surface area contributed by atoms with E-state index in [4.69, 9.17) is 10.5 Å². The molecule has 128 valence electrons. The minimum absolute atomic E-state index is 0. The number of hydrogen-bond donors (Lipinski definition) is 2. The van der Waals surface area contributed by atoms with E-state index < -0.39 is 0 Å². The lowest BCUT2D eigenvalue weighted by Crippen LogP contribution is -2.46. The van der Waals surface area contributed by atoms with Gasteiger partial charge in [0.15, 0.2) is 0 Å². The summed E-state index contributed by atoms with van der Waals surface area (Å²) in [6.45, 7) is 2.36. The Morgan fingerprint density at radius 1 is 1.17 bits per heavy atom. The molecule has 0 aromatic heterocycles. The number of ether oxygens (including phenoxy) is 1. The normalized spacial score (nSPS) is 18.3. The van der Waals surface area contributed by atoms with Crippen molar-refractivity contribution in [2.75, 3.05) is 6.61 Å². The molecular formula is C19H23ClN2O2. The van der Waals surface area contributed by atoms with Gasteiger partial charge in [-0.25, -0.2) is 0 Å². The van der Waals surface area contributed by atoms with Crippen LogP contribution >= 0.6 is 12.4 Å². The quantitative estimate of drug-likeness (QED) is 0.894. The van der Waals surface area contributed by atoms with Gasteiger partial charge in [-0.3, -0.25) is 4.79 Å². The van der Waals surface area contributed by atoms with E-state index in [0.29, 0.717) is 6.61 Å². The number of carbonyl (C=O) groups excluding carboxylic acids is 1. The Kier molecular flexibility index (Phi) is 6.23. The van der Waals surface area contributed by atoms with Crippen molar-refractivity contribution in [1.29, 1.82) is 0 Å². The molecule has 0 aliphatic carbocycles. The van der Waals surface area contributed by atoms with E-state index in [1.165, 1.54) is 0 Å². The van der Waals surface area contributed by atoms with Gasteiger partial charge in [-0.1, -0.05) is 55.5 Å². The van der Waals surface area contributed by atoms with Crippen molar-refractivity contribution in [1.82, 2.24) is 5.32 Å². The number of benzene rings is 2. The monoisotopic (exact) mass is 346 g/mol. The largest absolute Gasteiger partial charge is 0.491 e. The lowest BCUT2D eigenvalue weighted by atomic mass is 9.94. The Balaban J connectivity index is 0.00000208. The van der Waals surface area contributed by atoms with Crippen LogP contribution in [-0.4, -0.2) is 18.6 Å². The Morgan fingerprint density at radius 2 is 1.83 bits per heavy atom. The molecule has 24 heavy (non-hydrogen) atoms. The number of para-hydroxylation sites is 1. The summed E-state index contributed by atoms with van der Waals surface area (Å²) < 4.78 is 5.72. The maximum Gasteiger partial charge on any atom is 0.225 e. The van der Waals surface area contributed by atoms with Crippen molar-refractivity contribution in [2.24, 2.45) is 11.7 Å². The van der Waals surface area contributed by atoms with Gasteiger partial charge in [-0.15, -0.1) is 12.4 Å². The summed E-state index contributed by atoms with van der Waals surface area (Å²) in [5.41, 5.74) is 8.33. The van der Waals surface area contributed by atoms with Gasteiger partial charge in [0.25, 0.3) is 0 Å². The van der Waals surface area contributed by atoms with Crippen molar-refractivity contribution in [3.8, 4) is 5.75 Å². The molecule has 3 atom stereocenters. The molecule has 2 aromatic carbocycles. The van der Waals surface area contributed by atoms with Crippen LogP contribution in [0, 0.1) is 5.92 Å². The van der Waals surface area contributed by atoms with Crippen LogP contribution in [0.2, 0.25) is 0 Å². The van der Waals surface area contributed by atoms with Crippen molar-refractivity contribution in [3.05, 3.63) is 65.7 Å². The molecule has 1 heterocycles. The first-order valence-corrected chi connectivity index (χ1v) is 7.97. The maximum absolute atomic E-state index is 12.5. The average molecular weight is 347 g/mol. The van der Waals surface area contributed by atoms with E-state index in [0.717, 1.165) is 23.3 Å². The van der Waals surface area contributed by atoms with Gasteiger partial charge in [0.05, 0.1) is 12.0 Å². The van der Waals surface area contributed by atoms with Gasteiger partial charge < -0.3 is 15.8 Å². The maximum atomic E-state index is 12.5. The lowest BCUT2D eigenvalue weighted by Gasteiger charge is -2.28. The van der Waals surface area contributed by atoms with E-state index >= 15 is 0 Å². The van der Waals surface area contributed by atoms with Crippen molar-refractivity contribution >= 4 is 18.3 Å². The molecule has 0 spiro atoms. The van der Waals surface area contributed by atoms with Gasteiger partial charge in [-0.05, 0) is 23.6 Å². The van der Waals surface area contributed by atoms with Crippen molar-refractivity contribution in [2.45, 2.75) is 25.4 Å². The van der Waals surface area contributed by atoms with E-state index in [1.54, 1.807) is 0 Å². The number of rotatable bonds is 4. The summed E-state index contributed by atoms with van der Waals surface area (Å²) in [6.07, 6.45) is 0.787. The zero-order valence-electron chi connectivity index (χ0n) is 13.6. The Labute approximate surface area is 148 Å². The molecule has 1 amide bonds. The first-order chi connectivity index (χ1) is 11.1. The highest BCUT2D eigenvalue weighted by atomic mass is 35.5. The van der Waals surface area contributed by atoms with Crippen LogP contribution in [0.3, 0.4) is 0 Å². The average Bonchev–Trinajstić information content (AvgIpc) is 2.61. The first-order valence-electron chi connectivity index (χ1n) is 7.97. The second-order valence-corrected chi connectivity index (χ2v) is 6.05. The summed E-state index contributed by atoms with van der Waals surface area (Å²) in [4.78, 5) is 12.5. The molecule has 2 aromatic rings. The van der Waals surface area contributed by atoms with Crippen LogP contribution in [0.15, 0.2) is 54.6 Å². The number of hydrogen-bond acceptors (Lipinski definition) is 3. The highest BCUT2D eigenvalue weighted by molar-refractivity contribution is 5.85. The van der Waals surface area contributed by atoms with E-state index in [2.05, 4.69) is 5.32 Å². The molecule has 3 N–H and O–H groups in total. The fraction of sp³-hybridized carbons (Fsp3) is 0.316. The third-order valence-electron chi connectivity index (χ3n) is 4.36. The topological polar surface area (TPSA) is 64.3 Å². The Morgan fingerprint density at radius 3 is 2.58 bits per heavy atom. The van der Waals surface area contributed by atoms with Crippen LogP contribution in [0.5, 0.6) is 5.75 Å². The molecule has 0 bridgehead atoms. The highest BCUT2D eigenvalue weighted by Crippen LogP contribution is 2.25. The number of nitrogens with one attached hydrogen (secondary N) is 1. The molecule has 0 fully saturated rings. The van der Waals surface area contributed by atoms with Gasteiger partial charge in [-0.2, -0.15) is 0 Å². The van der Waals surface area contributed by atoms with Crippen molar-refractivity contribution < 1.29 is 9.53 Å². The third kappa shape index (κ3) is 4.08. The molecular weight excluding hydrogens is 324 g/mol. The third-order valence-corrected chi connectivity index (χ3v) is 4.36. The molecule has 0 saturated heterocycles. The molecule has 1 aliphatic rings. The summed E-state index contributed by atoms with van der Waals surface area (Å²) in [6, 6.07) is 17.3. The number of halogens is 1. The summed E-state index contributed by atoms with van der Waals surface area (Å²) in [5, 5.41) is 3.07. The van der Waals surface area contributed by atoms with Crippen LogP contribution in [-0.2, 0) is 11.2 Å². The minimum Gasteiger partial charge on any atom is -0.491 e. The lowest BCUT2D eigenvalue weighted by molar-refractivity contribution is -0.126. The van der Waals surface area contributed by atoms with E-state index in [1.807, 2.05) is 61.5 Å². The van der Waals surface area contributed by atoms with Crippen LogP contribution in [0.25, 0.3) is 0 Å². The SMILES string of the molecule is CC(C(=O)NC1COc2ccccc2C1)C(N)c1ccccc1.Cl. The number of carbonyl (C=O) groups is 1. The molecule has 3 unspecified atom stereocenters. The predicted molar refractivity (Wildman–Crippen MR) is 97.4 cm³/mol. The molecule has 0 radical (unpaired) electrons. The fourth-order valence-electron chi connectivity index (χ4n) is 2.88. The molecule has 1 aliphatic heterocycles. The van der Waals surface area contributed by atoms with Crippen LogP contribution in [0.1, 0.15) is 24.1 Å². The minimum atomic E-state index is -0.312. The molecule has 3 rings (SSSR count). The van der Waals surface area contributed by atoms with Gasteiger partial charge in [0, 0.05) is 6.04 Å². The van der Waals surface area contributed by atoms with E-state index in [9.17, 15) is 4.79 Å². The second-order valence-electron chi connectivity index (χ2n) is 6.05. The zero-order chi connectivity index (χ0) is 16.2. The molecule has 0 saturated carbocycles. The molecule has 4 nitrogen and oxygen atoms in total. The van der Waals surface area contributed by atoms with Gasteiger partial charge in [0.1, 0.15) is 12.4 Å². The number of fused-ring (bicyclic) bond motifs is 1. The van der Waals surface area contributed by atoms with Gasteiger partial charge >= 0.3 is 0 Å².